The van der Waals surface area contributed by atoms with Crippen LogP contribution in [0.5, 0.6) is 0 Å². The van der Waals surface area contributed by atoms with E-state index in [1.165, 1.54) is 19.4 Å². The lowest BCUT2D eigenvalue weighted by atomic mass is 10.5. The Kier molecular flexibility index (Phi) is 6.79. The van der Waals surface area contributed by atoms with Crippen LogP contribution in [-0.4, -0.2) is 56.2 Å². The Balaban J connectivity index is 3.21. The van der Waals surface area contributed by atoms with Gasteiger partial charge in [0.25, 0.3) is 0 Å². The average molecular weight is 369 g/mol. The number of aromatic nitrogens is 1. The summed E-state index contributed by atoms with van der Waals surface area (Å²) in [6, 6.07) is 1.40. The molecule has 0 fully saturated rings. The van der Waals surface area contributed by atoms with Crippen LogP contribution < -0.4 is 11.3 Å². The van der Waals surface area contributed by atoms with E-state index in [1.54, 1.807) is 0 Å². The monoisotopic (exact) mass is 368 g/mol. The largest absolute Gasteiger partial charge is 0.395 e. The second kappa shape index (κ2) is 7.86. The van der Waals surface area contributed by atoms with Crippen LogP contribution in [0.3, 0.4) is 0 Å². The summed E-state index contributed by atoms with van der Waals surface area (Å²) >= 11 is 3.17. The minimum absolute atomic E-state index is 0.0357. The molecule has 1 aromatic heterocycles. The first-order valence-corrected chi connectivity index (χ1v) is 7.92. The van der Waals surface area contributed by atoms with Gasteiger partial charge >= 0.3 is 0 Å². The molecule has 0 spiro atoms. The van der Waals surface area contributed by atoms with Crippen molar-refractivity contribution < 1.29 is 18.3 Å². The molecule has 1 heterocycles. The highest BCUT2D eigenvalue weighted by Crippen LogP contribution is 2.25. The fourth-order valence-electron chi connectivity index (χ4n) is 1.52. The van der Waals surface area contributed by atoms with E-state index in [0.29, 0.717) is 4.47 Å². The van der Waals surface area contributed by atoms with Crippen LogP contribution in [0.1, 0.15) is 0 Å². The molecule has 114 valence electrons. The van der Waals surface area contributed by atoms with E-state index in [2.05, 4.69) is 26.3 Å². The van der Waals surface area contributed by atoms with Gasteiger partial charge in [0.2, 0.25) is 10.0 Å². The summed E-state index contributed by atoms with van der Waals surface area (Å²) in [6.07, 6.45) is 1.43. The van der Waals surface area contributed by atoms with Crippen LogP contribution in [0.2, 0.25) is 0 Å². The minimum Gasteiger partial charge on any atom is -0.395 e. The topological polar surface area (TPSA) is 118 Å². The van der Waals surface area contributed by atoms with Crippen molar-refractivity contribution in [3.63, 3.8) is 0 Å². The van der Waals surface area contributed by atoms with Crippen LogP contribution in [0, 0.1) is 0 Å². The first-order chi connectivity index (χ1) is 9.47. The molecule has 0 aromatic carbocycles. The fourth-order valence-corrected chi connectivity index (χ4v) is 3.55. The third-order valence-corrected chi connectivity index (χ3v) is 4.81. The van der Waals surface area contributed by atoms with E-state index < -0.39 is 10.0 Å². The number of nitrogen functional groups attached to an aromatic ring is 1. The zero-order valence-corrected chi connectivity index (χ0v) is 13.3. The number of aliphatic hydroxyl groups excluding tert-OH is 1. The number of sulfonamides is 1. The van der Waals surface area contributed by atoms with E-state index in [4.69, 9.17) is 15.7 Å². The SMILES string of the molecule is COCCN(CCO)S(=O)(=O)c1cc(Br)cnc1NN. The van der Waals surface area contributed by atoms with Gasteiger partial charge in [-0.1, -0.05) is 0 Å². The molecule has 4 N–H and O–H groups in total. The van der Waals surface area contributed by atoms with Crippen LogP contribution in [0.15, 0.2) is 21.6 Å². The molecule has 1 aromatic rings. The highest BCUT2D eigenvalue weighted by Gasteiger charge is 2.27. The Hall–Kier alpha value is -0.780. The van der Waals surface area contributed by atoms with Crippen LogP contribution >= 0.6 is 15.9 Å². The molecule has 0 amide bonds. The molecule has 20 heavy (non-hydrogen) atoms. The molecule has 10 heteroatoms. The molecular weight excluding hydrogens is 352 g/mol. The molecular formula is C10H17BrN4O4S. The number of halogens is 1. The van der Waals surface area contributed by atoms with Gasteiger partial charge in [-0.15, -0.1) is 0 Å². The van der Waals surface area contributed by atoms with Gasteiger partial charge < -0.3 is 15.3 Å². The van der Waals surface area contributed by atoms with E-state index >= 15 is 0 Å². The molecule has 0 saturated heterocycles. The molecule has 0 unspecified atom stereocenters. The predicted octanol–water partition coefficient (Wildman–Crippen LogP) is -0.241. The van der Waals surface area contributed by atoms with Crippen molar-refractivity contribution in [1.29, 1.82) is 0 Å². The summed E-state index contributed by atoms with van der Waals surface area (Å²) in [7, 11) is -2.37. The van der Waals surface area contributed by atoms with Gasteiger partial charge in [-0.05, 0) is 22.0 Å². The molecule has 0 atom stereocenters. The van der Waals surface area contributed by atoms with E-state index in [9.17, 15) is 8.42 Å². The number of hydrogen-bond acceptors (Lipinski definition) is 7. The van der Waals surface area contributed by atoms with E-state index in [-0.39, 0.29) is 37.0 Å². The Morgan fingerprint density at radius 1 is 1.55 bits per heavy atom. The van der Waals surface area contributed by atoms with Crippen LogP contribution in [0.4, 0.5) is 5.82 Å². The summed E-state index contributed by atoms with van der Waals surface area (Å²) < 4.78 is 31.6. The van der Waals surface area contributed by atoms with E-state index in [1.807, 2.05) is 0 Å². The van der Waals surface area contributed by atoms with Gasteiger partial charge in [-0.2, -0.15) is 4.31 Å². The lowest BCUT2D eigenvalue weighted by Gasteiger charge is -2.22. The van der Waals surface area contributed by atoms with Gasteiger partial charge in [0.1, 0.15) is 4.90 Å². The summed E-state index contributed by atoms with van der Waals surface area (Å²) in [5.41, 5.74) is 2.25. The lowest BCUT2D eigenvalue weighted by molar-refractivity contribution is 0.168. The van der Waals surface area contributed by atoms with Crippen LogP contribution in [0.25, 0.3) is 0 Å². The quantitative estimate of drug-likeness (QED) is 0.428. The number of nitrogens with one attached hydrogen (secondary N) is 1. The molecule has 0 aliphatic carbocycles. The summed E-state index contributed by atoms with van der Waals surface area (Å²) in [4.78, 5) is 3.83. The van der Waals surface area contributed by atoms with Gasteiger partial charge in [0, 0.05) is 30.9 Å². The number of ether oxygens (including phenoxy) is 1. The number of methoxy groups -OCH3 is 1. The van der Waals surface area contributed by atoms with Gasteiger partial charge in [-0.3, -0.25) is 0 Å². The van der Waals surface area contributed by atoms with Crippen molar-refractivity contribution in [2.45, 2.75) is 4.90 Å². The van der Waals surface area contributed by atoms with Crippen molar-refractivity contribution in [3.8, 4) is 0 Å². The highest BCUT2D eigenvalue weighted by atomic mass is 79.9. The molecule has 0 saturated carbocycles. The zero-order chi connectivity index (χ0) is 15.2. The number of rotatable bonds is 8. The highest BCUT2D eigenvalue weighted by molar-refractivity contribution is 9.10. The second-order valence-electron chi connectivity index (χ2n) is 3.77. The minimum atomic E-state index is -3.84. The Bertz CT molecular complexity index is 540. The number of hydrogen-bond donors (Lipinski definition) is 3. The predicted molar refractivity (Wildman–Crippen MR) is 77.5 cm³/mol. The van der Waals surface area contributed by atoms with Crippen molar-refractivity contribution in [1.82, 2.24) is 9.29 Å². The standard InChI is InChI=1S/C10H17BrN4O4S/c1-19-5-3-15(2-4-16)20(17,18)9-6-8(11)7-13-10(9)14-12/h6-7,16H,2-5,12H2,1H3,(H,13,14). The van der Waals surface area contributed by atoms with Crippen LogP contribution in [-0.2, 0) is 14.8 Å². The number of nitrogens with zero attached hydrogens (tertiary/aromatic N) is 2. The smallest absolute Gasteiger partial charge is 0.246 e. The summed E-state index contributed by atoms with van der Waals surface area (Å²) in [5.74, 6) is 5.32. The molecule has 0 bridgehead atoms. The maximum absolute atomic E-state index is 12.6. The second-order valence-corrected chi connectivity index (χ2v) is 6.59. The number of hydrazine groups is 1. The number of anilines is 1. The lowest BCUT2D eigenvalue weighted by Crippen LogP contribution is -2.36. The zero-order valence-electron chi connectivity index (χ0n) is 10.9. The Labute approximate surface area is 126 Å². The third-order valence-electron chi connectivity index (χ3n) is 2.47. The Morgan fingerprint density at radius 3 is 2.80 bits per heavy atom. The van der Waals surface area contributed by atoms with Crippen molar-refractivity contribution in [3.05, 3.63) is 16.7 Å². The van der Waals surface area contributed by atoms with E-state index in [0.717, 1.165) is 4.31 Å². The molecule has 8 nitrogen and oxygen atoms in total. The number of aliphatic hydroxyl groups is 1. The normalized spacial score (nSPS) is 11.8. The maximum Gasteiger partial charge on any atom is 0.246 e. The number of pyridine rings is 1. The van der Waals surface area contributed by atoms with Gasteiger partial charge in [-0.25, -0.2) is 19.2 Å². The summed E-state index contributed by atoms with van der Waals surface area (Å²) in [5, 5.41) is 9.02. The van der Waals surface area contributed by atoms with Crippen molar-refractivity contribution >= 4 is 31.8 Å². The molecule has 0 aliphatic heterocycles. The summed E-state index contributed by atoms with van der Waals surface area (Å²) in [6.45, 7) is -0.0000517. The first kappa shape index (κ1) is 17.3. The fraction of sp³-hybridized carbons (Fsp3) is 0.500. The Morgan fingerprint density at radius 2 is 2.25 bits per heavy atom. The first-order valence-electron chi connectivity index (χ1n) is 5.69. The third kappa shape index (κ3) is 4.11. The average Bonchev–Trinajstić information content (AvgIpc) is 2.43. The molecule has 0 radical (unpaired) electrons. The molecule has 0 aliphatic rings. The number of nitrogens with two attached hydrogens (primary N) is 1. The maximum atomic E-state index is 12.6. The van der Waals surface area contributed by atoms with Gasteiger partial charge in [0.05, 0.1) is 13.2 Å². The molecule has 1 rings (SSSR count). The van der Waals surface area contributed by atoms with Crippen molar-refractivity contribution in [2.24, 2.45) is 5.84 Å². The van der Waals surface area contributed by atoms with Gasteiger partial charge in [0.15, 0.2) is 5.82 Å². The van der Waals surface area contributed by atoms with Crippen molar-refractivity contribution in [2.75, 3.05) is 38.8 Å².